The molecular formula is C16H20N2O3S. The van der Waals surface area contributed by atoms with Crippen LogP contribution in [0.5, 0.6) is 5.75 Å². The second-order valence-electron chi connectivity index (χ2n) is 5.75. The topological polar surface area (TPSA) is 67.4 Å². The Labute approximate surface area is 134 Å². The maximum absolute atomic E-state index is 12.1. The summed E-state index contributed by atoms with van der Waals surface area (Å²) in [4.78, 5) is 24.2. The van der Waals surface area contributed by atoms with Gasteiger partial charge in [0.25, 0.3) is 5.91 Å². The third kappa shape index (κ3) is 3.55. The van der Waals surface area contributed by atoms with Gasteiger partial charge < -0.3 is 15.4 Å². The molecule has 2 aliphatic rings. The summed E-state index contributed by atoms with van der Waals surface area (Å²) in [5, 5.41) is 5.82. The molecule has 22 heavy (non-hydrogen) atoms. The predicted molar refractivity (Wildman–Crippen MR) is 87.3 cm³/mol. The van der Waals surface area contributed by atoms with Crippen molar-refractivity contribution in [2.45, 2.75) is 38.3 Å². The van der Waals surface area contributed by atoms with Gasteiger partial charge in [-0.25, -0.2) is 0 Å². The average molecular weight is 320 g/mol. The summed E-state index contributed by atoms with van der Waals surface area (Å²) in [5.74, 6) is 2.41. The molecule has 0 radical (unpaired) electrons. The largest absolute Gasteiger partial charge is 0.478 e. The first-order valence-corrected chi connectivity index (χ1v) is 8.72. The Morgan fingerprint density at radius 3 is 2.95 bits per heavy atom. The first-order chi connectivity index (χ1) is 10.6. The van der Waals surface area contributed by atoms with Gasteiger partial charge >= 0.3 is 0 Å². The van der Waals surface area contributed by atoms with Gasteiger partial charge in [0.2, 0.25) is 5.91 Å². The molecule has 0 aliphatic carbocycles. The lowest BCUT2D eigenvalue weighted by Crippen LogP contribution is -2.44. The van der Waals surface area contributed by atoms with Crippen molar-refractivity contribution in [1.82, 2.24) is 5.32 Å². The summed E-state index contributed by atoms with van der Waals surface area (Å²) >= 11 is 1.92. The third-order valence-electron chi connectivity index (χ3n) is 3.91. The van der Waals surface area contributed by atoms with E-state index in [1.54, 1.807) is 0 Å². The number of fused-ring (bicyclic) bond motifs is 1. The number of anilines is 1. The molecule has 0 spiro atoms. The number of nitrogens with one attached hydrogen (secondary N) is 2. The van der Waals surface area contributed by atoms with Crippen molar-refractivity contribution in [3.05, 3.63) is 23.8 Å². The molecule has 5 nitrogen and oxygen atoms in total. The maximum Gasteiger partial charge on any atom is 0.266 e. The number of rotatable bonds is 3. The average Bonchev–Trinajstić information content (AvgIpc) is 2.49. The SMILES string of the molecule is Cc1ccc2c(c1)NC(=O)C(CC(=O)NC1CCSCC1)O2. The number of amides is 2. The van der Waals surface area contributed by atoms with Crippen molar-refractivity contribution >= 4 is 29.3 Å². The van der Waals surface area contributed by atoms with Gasteiger partial charge in [0.1, 0.15) is 5.75 Å². The van der Waals surface area contributed by atoms with E-state index in [1.165, 1.54) is 0 Å². The van der Waals surface area contributed by atoms with E-state index in [-0.39, 0.29) is 24.3 Å². The Kier molecular flexibility index (Phi) is 4.57. The van der Waals surface area contributed by atoms with E-state index in [2.05, 4.69) is 10.6 Å². The van der Waals surface area contributed by atoms with Crippen LogP contribution in [0.4, 0.5) is 5.69 Å². The second kappa shape index (κ2) is 6.60. The third-order valence-corrected chi connectivity index (χ3v) is 4.96. The zero-order valence-electron chi connectivity index (χ0n) is 12.6. The van der Waals surface area contributed by atoms with Gasteiger partial charge in [-0.15, -0.1) is 0 Å². The van der Waals surface area contributed by atoms with Crippen LogP contribution in [0.25, 0.3) is 0 Å². The van der Waals surface area contributed by atoms with Crippen LogP contribution in [0.1, 0.15) is 24.8 Å². The number of hydrogen-bond acceptors (Lipinski definition) is 4. The summed E-state index contributed by atoms with van der Waals surface area (Å²) in [7, 11) is 0. The predicted octanol–water partition coefficient (Wildman–Crippen LogP) is 2.10. The standard InChI is InChI=1S/C16H20N2O3S/c1-10-2-3-13-12(8-10)18-16(20)14(21-13)9-15(19)17-11-4-6-22-7-5-11/h2-3,8,11,14H,4-7,9H2,1H3,(H,17,19)(H,18,20). The highest BCUT2D eigenvalue weighted by atomic mass is 32.2. The van der Waals surface area contributed by atoms with Gasteiger partial charge in [0.05, 0.1) is 12.1 Å². The highest BCUT2D eigenvalue weighted by Crippen LogP contribution is 2.31. The van der Waals surface area contributed by atoms with Crippen molar-refractivity contribution in [3.63, 3.8) is 0 Å². The van der Waals surface area contributed by atoms with Gasteiger partial charge in [0, 0.05) is 6.04 Å². The molecule has 1 saturated heterocycles. The quantitative estimate of drug-likeness (QED) is 0.895. The normalized spacial score (nSPS) is 21.5. The van der Waals surface area contributed by atoms with E-state index < -0.39 is 6.10 Å². The van der Waals surface area contributed by atoms with Crippen LogP contribution >= 0.6 is 11.8 Å². The molecule has 1 fully saturated rings. The Morgan fingerprint density at radius 1 is 1.41 bits per heavy atom. The number of ether oxygens (including phenoxy) is 1. The van der Waals surface area contributed by atoms with Gasteiger partial charge in [-0.2, -0.15) is 11.8 Å². The molecule has 0 aromatic heterocycles. The highest BCUT2D eigenvalue weighted by molar-refractivity contribution is 7.99. The van der Waals surface area contributed by atoms with Crippen LogP contribution in [-0.4, -0.2) is 35.5 Å². The molecule has 0 saturated carbocycles. The van der Waals surface area contributed by atoms with Crippen LogP contribution in [0.15, 0.2) is 18.2 Å². The highest BCUT2D eigenvalue weighted by Gasteiger charge is 2.30. The molecule has 2 heterocycles. The molecule has 1 aromatic carbocycles. The van der Waals surface area contributed by atoms with Crippen molar-refractivity contribution < 1.29 is 14.3 Å². The minimum atomic E-state index is -0.756. The lowest BCUT2D eigenvalue weighted by Gasteiger charge is -2.27. The van der Waals surface area contributed by atoms with E-state index in [0.717, 1.165) is 29.9 Å². The fourth-order valence-electron chi connectivity index (χ4n) is 2.70. The molecule has 3 rings (SSSR count). The molecule has 118 valence electrons. The number of carbonyl (C=O) groups excluding carboxylic acids is 2. The molecule has 0 bridgehead atoms. The number of carbonyl (C=O) groups is 2. The minimum absolute atomic E-state index is 0.0583. The monoisotopic (exact) mass is 320 g/mol. The zero-order valence-corrected chi connectivity index (χ0v) is 13.4. The van der Waals surface area contributed by atoms with Gasteiger partial charge in [-0.05, 0) is 49.0 Å². The van der Waals surface area contributed by atoms with Crippen LogP contribution in [0.2, 0.25) is 0 Å². The molecular weight excluding hydrogens is 300 g/mol. The van der Waals surface area contributed by atoms with Crippen molar-refractivity contribution in [2.24, 2.45) is 0 Å². The Morgan fingerprint density at radius 2 is 2.18 bits per heavy atom. The van der Waals surface area contributed by atoms with Gasteiger partial charge in [-0.1, -0.05) is 6.07 Å². The summed E-state index contributed by atoms with van der Waals surface area (Å²) in [5.41, 5.74) is 1.72. The molecule has 2 aliphatic heterocycles. The smallest absolute Gasteiger partial charge is 0.266 e. The Bertz CT molecular complexity index is 585. The van der Waals surface area contributed by atoms with Crippen molar-refractivity contribution in [1.29, 1.82) is 0 Å². The van der Waals surface area contributed by atoms with Gasteiger partial charge in [0.15, 0.2) is 6.10 Å². The van der Waals surface area contributed by atoms with Crippen LogP contribution in [0.3, 0.4) is 0 Å². The van der Waals surface area contributed by atoms with Crippen LogP contribution in [0, 0.1) is 6.92 Å². The second-order valence-corrected chi connectivity index (χ2v) is 6.98. The number of aryl methyl sites for hydroxylation is 1. The molecule has 1 atom stereocenters. The summed E-state index contributed by atoms with van der Waals surface area (Å²) in [6.07, 6.45) is 1.29. The summed E-state index contributed by atoms with van der Waals surface area (Å²) < 4.78 is 5.68. The fraction of sp³-hybridized carbons (Fsp3) is 0.500. The molecule has 2 N–H and O–H groups in total. The number of benzene rings is 1. The van der Waals surface area contributed by atoms with Gasteiger partial charge in [-0.3, -0.25) is 9.59 Å². The van der Waals surface area contributed by atoms with Crippen molar-refractivity contribution in [2.75, 3.05) is 16.8 Å². The van der Waals surface area contributed by atoms with Crippen LogP contribution in [-0.2, 0) is 9.59 Å². The lowest BCUT2D eigenvalue weighted by atomic mass is 10.1. The van der Waals surface area contributed by atoms with E-state index in [9.17, 15) is 9.59 Å². The van der Waals surface area contributed by atoms with E-state index in [4.69, 9.17) is 4.74 Å². The van der Waals surface area contributed by atoms with E-state index >= 15 is 0 Å². The maximum atomic E-state index is 12.1. The Hall–Kier alpha value is -1.69. The zero-order chi connectivity index (χ0) is 15.5. The molecule has 2 amide bonds. The first kappa shape index (κ1) is 15.2. The van der Waals surface area contributed by atoms with E-state index in [1.807, 2.05) is 36.9 Å². The summed E-state index contributed by atoms with van der Waals surface area (Å²) in [6.45, 7) is 1.95. The van der Waals surface area contributed by atoms with Crippen molar-refractivity contribution in [3.8, 4) is 5.75 Å². The number of thioether (sulfide) groups is 1. The number of hydrogen-bond donors (Lipinski definition) is 2. The molecule has 1 aromatic rings. The molecule has 6 heteroatoms. The van der Waals surface area contributed by atoms with E-state index in [0.29, 0.717) is 11.4 Å². The first-order valence-electron chi connectivity index (χ1n) is 7.57. The Balaban J connectivity index is 1.59. The van der Waals surface area contributed by atoms with Crippen LogP contribution < -0.4 is 15.4 Å². The lowest BCUT2D eigenvalue weighted by molar-refractivity contribution is -0.130. The minimum Gasteiger partial charge on any atom is -0.478 e. The molecule has 1 unspecified atom stereocenters. The fourth-order valence-corrected chi connectivity index (χ4v) is 3.80. The summed E-state index contributed by atoms with van der Waals surface area (Å²) in [6, 6.07) is 5.85.